The minimum Gasteiger partial charge on any atom is -0.378 e. The molecule has 0 saturated heterocycles. The molecule has 3 saturated carbocycles. The molecule has 0 aromatic heterocycles. The van der Waals surface area contributed by atoms with Crippen molar-refractivity contribution < 1.29 is 4.74 Å². The molecular formula is C14H25NO. The van der Waals surface area contributed by atoms with Crippen LogP contribution in [0.4, 0.5) is 0 Å². The average molecular weight is 223 g/mol. The molecule has 0 aromatic rings. The van der Waals surface area contributed by atoms with E-state index >= 15 is 0 Å². The zero-order chi connectivity index (χ0) is 11.0. The van der Waals surface area contributed by atoms with Crippen molar-refractivity contribution >= 4 is 0 Å². The SMILES string of the molecule is NC1CC(OCCC2CC2)C12CCCCC2. The molecule has 1 spiro atoms. The van der Waals surface area contributed by atoms with Gasteiger partial charge in [0, 0.05) is 18.1 Å². The fourth-order valence-corrected chi connectivity index (χ4v) is 3.70. The van der Waals surface area contributed by atoms with Gasteiger partial charge in [-0.25, -0.2) is 0 Å². The summed E-state index contributed by atoms with van der Waals surface area (Å²) >= 11 is 0. The molecule has 2 nitrogen and oxygen atoms in total. The maximum Gasteiger partial charge on any atom is 0.0661 e. The molecule has 2 unspecified atom stereocenters. The zero-order valence-electron chi connectivity index (χ0n) is 10.3. The van der Waals surface area contributed by atoms with Crippen LogP contribution in [0, 0.1) is 11.3 Å². The van der Waals surface area contributed by atoms with Crippen molar-refractivity contribution in [3.63, 3.8) is 0 Å². The van der Waals surface area contributed by atoms with E-state index in [0.717, 1.165) is 18.9 Å². The molecule has 0 amide bonds. The first-order chi connectivity index (χ1) is 7.81. The van der Waals surface area contributed by atoms with Crippen LogP contribution in [-0.4, -0.2) is 18.8 Å². The van der Waals surface area contributed by atoms with Gasteiger partial charge >= 0.3 is 0 Å². The molecule has 3 fully saturated rings. The monoisotopic (exact) mass is 223 g/mol. The largest absolute Gasteiger partial charge is 0.378 e. The molecule has 3 rings (SSSR count). The molecule has 3 aliphatic rings. The Bertz CT molecular complexity index is 243. The minimum absolute atomic E-state index is 0.391. The maximum absolute atomic E-state index is 6.24. The quantitative estimate of drug-likeness (QED) is 0.795. The lowest BCUT2D eigenvalue weighted by Crippen LogP contribution is -2.62. The Balaban J connectivity index is 1.49. The molecule has 3 aliphatic carbocycles. The van der Waals surface area contributed by atoms with E-state index in [0.29, 0.717) is 17.6 Å². The Hall–Kier alpha value is -0.0800. The van der Waals surface area contributed by atoms with Crippen molar-refractivity contribution in [3.8, 4) is 0 Å². The van der Waals surface area contributed by atoms with E-state index < -0.39 is 0 Å². The third-order valence-electron chi connectivity index (χ3n) is 5.17. The van der Waals surface area contributed by atoms with Gasteiger partial charge in [-0.1, -0.05) is 32.1 Å². The van der Waals surface area contributed by atoms with Crippen LogP contribution in [-0.2, 0) is 4.74 Å². The topological polar surface area (TPSA) is 35.2 Å². The predicted molar refractivity (Wildman–Crippen MR) is 65.2 cm³/mol. The highest BCUT2D eigenvalue weighted by molar-refractivity contribution is 5.07. The maximum atomic E-state index is 6.24. The van der Waals surface area contributed by atoms with E-state index in [-0.39, 0.29) is 0 Å². The predicted octanol–water partition coefficient (Wildman–Crippen LogP) is 2.85. The number of hydrogen-bond acceptors (Lipinski definition) is 2. The van der Waals surface area contributed by atoms with E-state index in [1.165, 1.54) is 51.4 Å². The second-order valence-electron chi connectivity index (χ2n) is 6.23. The number of ether oxygens (including phenoxy) is 1. The normalized spacial score (nSPS) is 37.3. The van der Waals surface area contributed by atoms with Crippen molar-refractivity contribution in [1.82, 2.24) is 0 Å². The zero-order valence-corrected chi connectivity index (χ0v) is 10.3. The third kappa shape index (κ3) is 1.91. The number of hydrogen-bond donors (Lipinski definition) is 1. The Morgan fingerprint density at radius 3 is 2.50 bits per heavy atom. The molecule has 0 bridgehead atoms. The van der Waals surface area contributed by atoms with E-state index in [4.69, 9.17) is 10.5 Å². The molecule has 2 N–H and O–H groups in total. The highest BCUT2D eigenvalue weighted by Crippen LogP contribution is 2.52. The van der Waals surface area contributed by atoms with Gasteiger partial charge in [-0.2, -0.15) is 0 Å². The molecule has 0 aliphatic heterocycles. The first-order valence-corrected chi connectivity index (χ1v) is 7.18. The Morgan fingerprint density at radius 2 is 1.88 bits per heavy atom. The summed E-state index contributed by atoms with van der Waals surface area (Å²) in [6, 6.07) is 0.429. The molecule has 2 atom stereocenters. The van der Waals surface area contributed by atoms with Crippen molar-refractivity contribution in [2.24, 2.45) is 17.1 Å². The Morgan fingerprint density at radius 1 is 1.12 bits per heavy atom. The summed E-state index contributed by atoms with van der Waals surface area (Å²) in [5.74, 6) is 0.996. The lowest BCUT2D eigenvalue weighted by Gasteiger charge is -2.56. The van der Waals surface area contributed by atoms with Gasteiger partial charge in [0.15, 0.2) is 0 Å². The fraction of sp³-hybridized carbons (Fsp3) is 1.00. The van der Waals surface area contributed by atoms with E-state index in [1.807, 2.05) is 0 Å². The van der Waals surface area contributed by atoms with Gasteiger partial charge in [-0.05, 0) is 31.6 Å². The van der Waals surface area contributed by atoms with Crippen molar-refractivity contribution in [2.45, 2.75) is 69.9 Å². The average Bonchev–Trinajstić information content (AvgIpc) is 3.13. The van der Waals surface area contributed by atoms with E-state index in [9.17, 15) is 0 Å². The molecular weight excluding hydrogens is 198 g/mol. The van der Waals surface area contributed by atoms with Gasteiger partial charge in [0.25, 0.3) is 0 Å². The van der Waals surface area contributed by atoms with Crippen LogP contribution in [0.5, 0.6) is 0 Å². The fourth-order valence-electron chi connectivity index (χ4n) is 3.70. The summed E-state index contributed by atoms with van der Waals surface area (Å²) in [5.41, 5.74) is 6.63. The van der Waals surface area contributed by atoms with Crippen LogP contribution in [0.3, 0.4) is 0 Å². The second-order valence-corrected chi connectivity index (χ2v) is 6.23. The molecule has 16 heavy (non-hydrogen) atoms. The third-order valence-corrected chi connectivity index (χ3v) is 5.17. The standard InChI is InChI=1S/C14H25NO/c15-12-10-13(16-9-6-11-4-5-11)14(12)7-2-1-3-8-14/h11-13H,1-10,15H2. The van der Waals surface area contributed by atoms with Gasteiger partial charge in [-0.3, -0.25) is 0 Å². The lowest BCUT2D eigenvalue weighted by atomic mass is 9.55. The van der Waals surface area contributed by atoms with E-state index in [1.54, 1.807) is 0 Å². The minimum atomic E-state index is 0.391. The summed E-state index contributed by atoms with van der Waals surface area (Å²) in [5, 5.41) is 0. The van der Waals surface area contributed by atoms with Crippen molar-refractivity contribution in [1.29, 1.82) is 0 Å². The Kier molecular flexibility index (Phi) is 2.97. The van der Waals surface area contributed by atoms with Crippen LogP contribution in [0.25, 0.3) is 0 Å². The molecule has 0 heterocycles. The Labute approximate surface area is 98.9 Å². The smallest absolute Gasteiger partial charge is 0.0661 e. The van der Waals surface area contributed by atoms with Gasteiger partial charge in [-0.15, -0.1) is 0 Å². The van der Waals surface area contributed by atoms with Crippen molar-refractivity contribution in [3.05, 3.63) is 0 Å². The first-order valence-electron chi connectivity index (χ1n) is 7.18. The van der Waals surface area contributed by atoms with Crippen LogP contribution < -0.4 is 5.73 Å². The van der Waals surface area contributed by atoms with Gasteiger partial charge in [0.1, 0.15) is 0 Å². The lowest BCUT2D eigenvalue weighted by molar-refractivity contribution is -0.144. The van der Waals surface area contributed by atoms with Crippen LogP contribution in [0.2, 0.25) is 0 Å². The molecule has 0 radical (unpaired) electrons. The highest BCUT2D eigenvalue weighted by atomic mass is 16.5. The van der Waals surface area contributed by atoms with Crippen LogP contribution in [0.15, 0.2) is 0 Å². The molecule has 2 heteroatoms. The molecule has 92 valence electrons. The first kappa shape index (κ1) is 11.0. The van der Waals surface area contributed by atoms with Crippen LogP contribution >= 0.6 is 0 Å². The highest BCUT2D eigenvalue weighted by Gasteiger charge is 2.53. The van der Waals surface area contributed by atoms with Gasteiger partial charge < -0.3 is 10.5 Å². The number of nitrogens with two attached hydrogens (primary N) is 1. The summed E-state index contributed by atoms with van der Waals surface area (Å²) in [6.45, 7) is 0.990. The summed E-state index contributed by atoms with van der Waals surface area (Å²) < 4.78 is 6.11. The summed E-state index contributed by atoms with van der Waals surface area (Å²) in [4.78, 5) is 0. The van der Waals surface area contributed by atoms with Gasteiger partial charge in [0.05, 0.1) is 6.10 Å². The summed E-state index contributed by atoms with van der Waals surface area (Å²) in [6.07, 6.45) is 12.6. The van der Waals surface area contributed by atoms with Crippen LogP contribution in [0.1, 0.15) is 57.8 Å². The number of rotatable bonds is 4. The summed E-state index contributed by atoms with van der Waals surface area (Å²) in [7, 11) is 0. The van der Waals surface area contributed by atoms with Gasteiger partial charge in [0.2, 0.25) is 0 Å². The second kappa shape index (κ2) is 4.30. The van der Waals surface area contributed by atoms with E-state index in [2.05, 4.69) is 0 Å². The van der Waals surface area contributed by atoms with Crippen molar-refractivity contribution in [2.75, 3.05) is 6.61 Å². The molecule has 0 aromatic carbocycles.